The van der Waals surface area contributed by atoms with Crippen LogP contribution in [0.3, 0.4) is 0 Å². The number of allylic oxidation sites excluding steroid dienone is 2. The van der Waals surface area contributed by atoms with Gasteiger partial charge >= 0.3 is 5.97 Å². The molecular weight excluding hydrogens is 266 g/mol. The van der Waals surface area contributed by atoms with Crippen molar-refractivity contribution in [3.05, 3.63) is 42.0 Å². The zero-order valence-corrected chi connectivity index (χ0v) is 11.9. The van der Waals surface area contributed by atoms with Crippen molar-refractivity contribution in [2.45, 2.75) is 25.7 Å². The monoisotopic (exact) mass is 285 g/mol. The molecule has 1 heterocycles. The molecule has 2 atom stereocenters. The summed E-state index contributed by atoms with van der Waals surface area (Å²) in [4.78, 5) is 26.0. The molecule has 0 unspecified atom stereocenters. The molecular formula is C17H19NO3. The molecule has 21 heavy (non-hydrogen) atoms. The van der Waals surface area contributed by atoms with E-state index in [0.29, 0.717) is 19.4 Å². The number of para-hydroxylation sites is 1. The van der Waals surface area contributed by atoms with E-state index in [1.165, 1.54) is 5.56 Å². The maximum atomic E-state index is 12.9. The number of carbonyl (C=O) groups excluding carboxylic acids is 1. The van der Waals surface area contributed by atoms with Crippen LogP contribution in [-0.4, -0.2) is 23.5 Å². The largest absolute Gasteiger partial charge is 0.481 e. The SMILES string of the molecule is O=C(O)[C@@H]1CC=CC[C@H]1C(=O)N1CCCc2ccccc21. The summed E-state index contributed by atoms with van der Waals surface area (Å²) < 4.78 is 0. The van der Waals surface area contributed by atoms with Gasteiger partial charge < -0.3 is 10.0 Å². The summed E-state index contributed by atoms with van der Waals surface area (Å²) in [5, 5.41) is 9.35. The minimum absolute atomic E-state index is 0.0427. The molecule has 1 aromatic rings. The van der Waals surface area contributed by atoms with Gasteiger partial charge in [0.2, 0.25) is 5.91 Å². The number of carboxylic acids is 1. The van der Waals surface area contributed by atoms with Gasteiger partial charge in [0, 0.05) is 12.2 Å². The second kappa shape index (κ2) is 5.72. The fourth-order valence-electron chi connectivity index (χ4n) is 3.32. The predicted molar refractivity (Wildman–Crippen MR) is 80.1 cm³/mol. The van der Waals surface area contributed by atoms with E-state index in [4.69, 9.17) is 0 Å². The van der Waals surface area contributed by atoms with Gasteiger partial charge in [-0.15, -0.1) is 0 Å². The minimum atomic E-state index is -0.872. The third kappa shape index (κ3) is 2.58. The Bertz CT molecular complexity index is 593. The lowest BCUT2D eigenvalue weighted by atomic mass is 9.81. The van der Waals surface area contributed by atoms with E-state index in [-0.39, 0.29) is 5.91 Å². The number of aliphatic carboxylic acids is 1. The topological polar surface area (TPSA) is 57.6 Å². The molecule has 0 fully saturated rings. The van der Waals surface area contributed by atoms with Crippen LogP contribution in [0.1, 0.15) is 24.8 Å². The highest BCUT2D eigenvalue weighted by atomic mass is 16.4. The van der Waals surface area contributed by atoms with Gasteiger partial charge in [0.05, 0.1) is 11.8 Å². The van der Waals surface area contributed by atoms with Gasteiger partial charge in [-0.25, -0.2) is 0 Å². The predicted octanol–water partition coefficient (Wildman–Crippen LogP) is 2.63. The van der Waals surface area contributed by atoms with Crippen molar-refractivity contribution in [3.63, 3.8) is 0 Å². The number of carbonyl (C=O) groups is 2. The normalized spacial score (nSPS) is 24.5. The molecule has 0 radical (unpaired) electrons. The maximum absolute atomic E-state index is 12.9. The van der Waals surface area contributed by atoms with E-state index < -0.39 is 17.8 Å². The second-order valence-corrected chi connectivity index (χ2v) is 5.72. The fraction of sp³-hybridized carbons (Fsp3) is 0.412. The number of fused-ring (bicyclic) bond motifs is 1. The third-order valence-corrected chi connectivity index (χ3v) is 4.44. The first-order valence-electron chi connectivity index (χ1n) is 7.45. The number of hydrogen-bond acceptors (Lipinski definition) is 2. The van der Waals surface area contributed by atoms with E-state index in [9.17, 15) is 14.7 Å². The summed E-state index contributed by atoms with van der Waals surface area (Å²) in [5.41, 5.74) is 2.13. The Morgan fingerprint density at radius 3 is 2.57 bits per heavy atom. The highest BCUT2D eigenvalue weighted by Crippen LogP contribution is 2.33. The summed E-state index contributed by atoms with van der Waals surface area (Å²) in [7, 11) is 0. The van der Waals surface area contributed by atoms with Crippen LogP contribution in [0.5, 0.6) is 0 Å². The summed E-state index contributed by atoms with van der Waals surface area (Å²) in [5.74, 6) is -1.96. The van der Waals surface area contributed by atoms with Crippen LogP contribution in [0, 0.1) is 11.8 Å². The molecule has 0 saturated heterocycles. The molecule has 0 saturated carbocycles. The van der Waals surface area contributed by atoms with E-state index in [0.717, 1.165) is 18.5 Å². The highest BCUT2D eigenvalue weighted by Gasteiger charge is 2.37. The zero-order chi connectivity index (χ0) is 14.8. The fourth-order valence-corrected chi connectivity index (χ4v) is 3.32. The maximum Gasteiger partial charge on any atom is 0.307 e. The van der Waals surface area contributed by atoms with Crippen molar-refractivity contribution in [3.8, 4) is 0 Å². The van der Waals surface area contributed by atoms with Crippen molar-refractivity contribution in [2.24, 2.45) is 11.8 Å². The van der Waals surface area contributed by atoms with E-state index in [2.05, 4.69) is 0 Å². The number of nitrogens with zero attached hydrogens (tertiary/aromatic N) is 1. The molecule has 1 aromatic carbocycles. The van der Waals surface area contributed by atoms with Crippen LogP contribution in [0.25, 0.3) is 0 Å². The standard InChI is InChI=1S/C17H19NO3/c19-16(13-8-2-3-9-14(13)17(20)21)18-11-5-7-12-6-1-4-10-15(12)18/h1-4,6,10,13-14H,5,7-9,11H2,(H,20,21)/t13-,14-/m1/s1. The molecule has 1 aliphatic carbocycles. The van der Waals surface area contributed by atoms with Crippen molar-refractivity contribution < 1.29 is 14.7 Å². The Balaban J connectivity index is 1.89. The van der Waals surface area contributed by atoms with Gasteiger partial charge in [0.1, 0.15) is 0 Å². The number of hydrogen-bond donors (Lipinski definition) is 1. The average Bonchev–Trinajstić information content (AvgIpc) is 2.53. The zero-order valence-electron chi connectivity index (χ0n) is 11.9. The smallest absolute Gasteiger partial charge is 0.307 e. The third-order valence-electron chi connectivity index (χ3n) is 4.44. The van der Waals surface area contributed by atoms with Gasteiger partial charge in [0.25, 0.3) is 0 Å². The van der Waals surface area contributed by atoms with Crippen molar-refractivity contribution in [1.82, 2.24) is 0 Å². The summed E-state index contributed by atoms with van der Waals surface area (Å²) in [6.45, 7) is 0.683. The van der Waals surface area contributed by atoms with Gasteiger partial charge in [0.15, 0.2) is 0 Å². The molecule has 1 aliphatic heterocycles. The number of carboxylic acid groups (broad SMARTS) is 1. The first kappa shape index (κ1) is 13.9. The number of anilines is 1. The Morgan fingerprint density at radius 2 is 1.81 bits per heavy atom. The van der Waals surface area contributed by atoms with Crippen LogP contribution in [0.4, 0.5) is 5.69 Å². The molecule has 0 aromatic heterocycles. The Morgan fingerprint density at radius 1 is 1.10 bits per heavy atom. The van der Waals surface area contributed by atoms with Gasteiger partial charge in [-0.1, -0.05) is 30.4 Å². The Labute approximate surface area is 124 Å². The molecule has 110 valence electrons. The van der Waals surface area contributed by atoms with Crippen LogP contribution in [0.2, 0.25) is 0 Å². The molecule has 1 amide bonds. The first-order chi connectivity index (χ1) is 10.2. The van der Waals surface area contributed by atoms with Gasteiger partial charge in [-0.3, -0.25) is 9.59 Å². The molecule has 4 nitrogen and oxygen atoms in total. The molecule has 1 N–H and O–H groups in total. The molecule has 0 bridgehead atoms. The van der Waals surface area contributed by atoms with Gasteiger partial charge in [-0.2, -0.15) is 0 Å². The first-order valence-corrected chi connectivity index (χ1v) is 7.45. The number of aryl methyl sites for hydroxylation is 1. The second-order valence-electron chi connectivity index (χ2n) is 5.72. The number of benzene rings is 1. The van der Waals surface area contributed by atoms with E-state index in [1.807, 2.05) is 36.4 Å². The van der Waals surface area contributed by atoms with Crippen molar-refractivity contribution in [2.75, 3.05) is 11.4 Å². The van der Waals surface area contributed by atoms with E-state index >= 15 is 0 Å². The molecule has 2 aliphatic rings. The molecule has 0 spiro atoms. The van der Waals surface area contributed by atoms with E-state index in [1.54, 1.807) is 4.90 Å². The average molecular weight is 285 g/mol. The highest BCUT2D eigenvalue weighted by molar-refractivity contribution is 5.98. The van der Waals surface area contributed by atoms with Crippen LogP contribution < -0.4 is 4.90 Å². The summed E-state index contributed by atoms with van der Waals surface area (Å²) >= 11 is 0. The lowest BCUT2D eigenvalue weighted by molar-refractivity contribution is -0.146. The lowest BCUT2D eigenvalue weighted by Crippen LogP contribution is -2.44. The molecule has 4 heteroatoms. The summed E-state index contributed by atoms with van der Waals surface area (Å²) in [6, 6.07) is 7.92. The minimum Gasteiger partial charge on any atom is -0.481 e. The Kier molecular flexibility index (Phi) is 3.78. The van der Waals surface area contributed by atoms with Crippen molar-refractivity contribution >= 4 is 17.6 Å². The Hall–Kier alpha value is -2.10. The summed E-state index contributed by atoms with van der Waals surface area (Å²) in [6.07, 6.45) is 6.68. The quantitative estimate of drug-likeness (QED) is 0.850. The number of rotatable bonds is 2. The van der Waals surface area contributed by atoms with Crippen molar-refractivity contribution in [1.29, 1.82) is 0 Å². The molecule has 3 rings (SSSR count). The van der Waals surface area contributed by atoms with Crippen LogP contribution >= 0.6 is 0 Å². The lowest BCUT2D eigenvalue weighted by Gasteiger charge is -2.34. The van der Waals surface area contributed by atoms with Crippen LogP contribution in [0.15, 0.2) is 36.4 Å². The van der Waals surface area contributed by atoms with Gasteiger partial charge in [-0.05, 0) is 37.3 Å². The number of amides is 1. The van der Waals surface area contributed by atoms with Crippen LogP contribution in [-0.2, 0) is 16.0 Å².